The van der Waals surface area contributed by atoms with Gasteiger partial charge < -0.3 is 20.4 Å². The minimum absolute atomic E-state index is 0.00352. The Bertz CT molecular complexity index is 1110. The van der Waals surface area contributed by atoms with Crippen LogP contribution in [0.2, 0.25) is 0 Å². The minimum Gasteiger partial charge on any atom is -0.483 e. The molecule has 4 aromatic heterocycles. The predicted octanol–water partition coefficient (Wildman–Crippen LogP) is 0.526. The summed E-state index contributed by atoms with van der Waals surface area (Å²) >= 11 is 0. The Labute approximate surface area is 165 Å². The van der Waals surface area contributed by atoms with Gasteiger partial charge in [-0.1, -0.05) is 0 Å². The molecular formula is C18H20N8O3. The lowest BCUT2D eigenvalue weighted by molar-refractivity contribution is -0.123. The van der Waals surface area contributed by atoms with Gasteiger partial charge in [-0.25, -0.2) is 19.6 Å². The van der Waals surface area contributed by atoms with Crippen molar-refractivity contribution in [3.8, 4) is 11.5 Å². The number of aromatic amines is 1. The lowest BCUT2D eigenvalue weighted by Crippen LogP contribution is -2.15. The summed E-state index contributed by atoms with van der Waals surface area (Å²) in [6.45, 7) is 0.330. The second-order valence-corrected chi connectivity index (χ2v) is 6.19. The molecule has 11 heteroatoms. The number of carbonyl (C=O) groups excluding carboxylic acids is 1. The average Bonchev–Trinajstić information content (AvgIpc) is 3.41. The first-order valence-corrected chi connectivity index (χ1v) is 8.71. The van der Waals surface area contributed by atoms with Crippen LogP contribution in [0.3, 0.4) is 0 Å². The van der Waals surface area contributed by atoms with E-state index >= 15 is 0 Å². The molecule has 1 amide bonds. The van der Waals surface area contributed by atoms with Gasteiger partial charge in [0.15, 0.2) is 11.6 Å². The molecule has 0 spiro atoms. The number of aromatic nitrogens is 7. The normalized spacial score (nSPS) is 10.5. The van der Waals surface area contributed by atoms with Crippen LogP contribution in [0.4, 0.5) is 0 Å². The van der Waals surface area contributed by atoms with Crippen molar-refractivity contribution in [3.63, 3.8) is 0 Å². The number of hydrogen-bond donors (Lipinski definition) is 3. The lowest BCUT2D eigenvalue weighted by atomic mass is 10.2. The number of aryl methyl sites for hydroxylation is 3. The number of nitrogens with zero attached hydrogens (tertiary/aromatic N) is 6. The summed E-state index contributed by atoms with van der Waals surface area (Å²) in [5.41, 5.74) is 7.85. The molecule has 4 aromatic rings. The van der Waals surface area contributed by atoms with E-state index in [1.54, 1.807) is 17.2 Å². The molecule has 0 radical (unpaired) electrons. The summed E-state index contributed by atoms with van der Waals surface area (Å²) in [6.07, 6.45) is 6.08. The van der Waals surface area contributed by atoms with E-state index in [1.165, 1.54) is 0 Å². The van der Waals surface area contributed by atoms with E-state index in [4.69, 9.17) is 20.6 Å². The number of nitrogens with one attached hydrogen (secondary N) is 1. The van der Waals surface area contributed by atoms with Crippen molar-refractivity contribution in [1.82, 2.24) is 34.3 Å². The number of imidazole rings is 1. The minimum atomic E-state index is -0.465. The summed E-state index contributed by atoms with van der Waals surface area (Å²) in [6, 6.07) is 5.92. The summed E-state index contributed by atoms with van der Waals surface area (Å²) in [5.74, 6) is 0.544. The van der Waals surface area contributed by atoms with E-state index in [-0.39, 0.29) is 12.9 Å². The molecule has 150 valence electrons. The number of nitrogens with two attached hydrogens (primary N) is 1. The molecule has 4 N–H and O–H groups in total. The van der Waals surface area contributed by atoms with Crippen LogP contribution in [-0.2, 0) is 36.0 Å². The highest BCUT2D eigenvalue weighted by molar-refractivity contribution is 5.79. The average molecular weight is 396 g/mol. The topological polar surface area (TPSA) is 158 Å². The number of primary amides is 1. The Morgan fingerprint density at radius 2 is 2.10 bits per heavy atom. The highest BCUT2D eigenvalue weighted by Gasteiger charge is 2.16. The maximum absolute atomic E-state index is 11.3. The Morgan fingerprint density at radius 3 is 2.79 bits per heavy atom. The molecule has 0 unspecified atom stereocenters. The Morgan fingerprint density at radius 1 is 1.31 bits per heavy atom. The van der Waals surface area contributed by atoms with E-state index < -0.39 is 5.91 Å². The van der Waals surface area contributed by atoms with E-state index in [1.807, 2.05) is 36.0 Å². The zero-order valence-corrected chi connectivity index (χ0v) is 15.7. The van der Waals surface area contributed by atoms with Crippen molar-refractivity contribution >= 4 is 23.4 Å². The third-order valence-corrected chi connectivity index (χ3v) is 4.14. The quantitative estimate of drug-likeness (QED) is 0.401. The van der Waals surface area contributed by atoms with Gasteiger partial charge in [-0.05, 0) is 18.2 Å². The van der Waals surface area contributed by atoms with E-state index in [9.17, 15) is 4.79 Å². The highest BCUT2D eigenvalue weighted by atomic mass is 16.3. The van der Waals surface area contributed by atoms with Crippen molar-refractivity contribution in [3.05, 3.63) is 48.4 Å². The molecule has 0 saturated heterocycles. The number of fused-ring (bicyclic) bond motifs is 1. The van der Waals surface area contributed by atoms with Crippen molar-refractivity contribution in [2.75, 3.05) is 0 Å². The number of carboxylic acid groups (broad SMARTS) is 1. The van der Waals surface area contributed by atoms with Gasteiger partial charge in [-0.15, -0.1) is 0 Å². The van der Waals surface area contributed by atoms with Crippen LogP contribution in [0.25, 0.3) is 22.6 Å². The lowest BCUT2D eigenvalue weighted by Gasteiger charge is -2.05. The zero-order chi connectivity index (χ0) is 20.8. The Hall–Kier alpha value is -4.02. The number of pyridine rings is 1. The molecule has 4 heterocycles. The summed E-state index contributed by atoms with van der Waals surface area (Å²) in [4.78, 5) is 35.9. The molecule has 0 fully saturated rings. The SMILES string of the molecule is Cn1ccc2ccc(-c3nc(CC(N)=O)nn3CCc3cnc[nH]3)nc21.O=CO. The van der Waals surface area contributed by atoms with Crippen LogP contribution in [0, 0.1) is 0 Å². The van der Waals surface area contributed by atoms with Crippen LogP contribution in [0.5, 0.6) is 0 Å². The number of rotatable bonds is 6. The third kappa shape index (κ3) is 4.64. The molecule has 0 saturated carbocycles. The van der Waals surface area contributed by atoms with Crippen LogP contribution in [-0.4, -0.2) is 51.8 Å². The Kier molecular flexibility index (Phi) is 5.97. The molecule has 0 aliphatic rings. The fraction of sp³-hybridized carbons (Fsp3) is 0.222. The van der Waals surface area contributed by atoms with Gasteiger partial charge in [-0.3, -0.25) is 9.59 Å². The summed E-state index contributed by atoms with van der Waals surface area (Å²) in [7, 11) is 1.95. The fourth-order valence-electron chi connectivity index (χ4n) is 2.87. The van der Waals surface area contributed by atoms with E-state index in [0.29, 0.717) is 30.3 Å². The van der Waals surface area contributed by atoms with Gasteiger partial charge in [0.05, 0.1) is 12.7 Å². The molecule has 0 atom stereocenters. The first-order chi connectivity index (χ1) is 14.0. The fourth-order valence-corrected chi connectivity index (χ4v) is 2.87. The summed E-state index contributed by atoms with van der Waals surface area (Å²) in [5, 5.41) is 12.4. The van der Waals surface area contributed by atoms with E-state index in [0.717, 1.165) is 16.7 Å². The van der Waals surface area contributed by atoms with Gasteiger partial charge in [0.1, 0.15) is 11.3 Å². The zero-order valence-electron chi connectivity index (χ0n) is 15.7. The molecule has 0 aliphatic heterocycles. The van der Waals surface area contributed by atoms with Gasteiger partial charge in [0.2, 0.25) is 5.91 Å². The predicted molar refractivity (Wildman–Crippen MR) is 104 cm³/mol. The van der Waals surface area contributed by atoms with Gasteiger partial charge in [0.25, 0.3) is 6.47 Å². The van der Waals surface area contributed by atoms with Crippen LogP contribution < -0.4 is 5.73 Å². The second-order valence-electron chi connectivity index (χ2n) is 6.19. The van der Waals surface area contributed by atoms with Crippen molar-refractivity contribution in [2.24, 2.45) is 12.8 Å². The van der Waals surface area contributed by atoms with Crippen molar-refractivity contribution in [1.29, 1.82) is 0 Å². The monoisotopic (exact) mass is 396 g/mol. The maximum atomic E-state index is 11.3. The smallest absolute Gasteiger partial charge is 0.290 e. The maximum Gasteiger partial charge on any atom is 0.290 e. The van der Waals surface area contributed by atoms with Crippen LogP contribution in [0.1, 0.15) is 11.5 Å². The third-order valence-electron chi connectivity index (χ3n) is 4.14. The number of hydrogen-bond acceptors (Lipinski definition) is 6. The van der Waals surface area contributed by atoms with Crippen LogP contribution >= 0.6 is 0 Å². The molecule has 4 rings (SSSR count). The van der Waals surface area contributed by atoms with Gasteiger partial charge in [0, 0.05) is 43.5 Å². The first-order valence-electron chi connectivity index (χ1n) is 8.71. The molecule has 0 bridgehead atoms. The van der Waals surface area contributed by atoms with E-state index in [2.05, 4.69) is 20.1 Å². The van der Waals surface area contributed by atoms with Crippen molar-refractivity contribution in [2.45, 2.75) is 19.4 Å². The number of amides is 1. The molecule has 0 aromatic carbocycles. The van der Waals surface area contributed by atoms with Gasteiger partial charge in [-0.2, -0.15) is 5.10 Å². The first kappa shape index (κ1) is 19.7. The molecule has 0 aliphatic carbocycles. The Balaban J connectivity index is 0.000000755. The number of carbonyl (C=O) groups is 2. The van der Waals surface area contributed by atoms with Crippen LogP contribution in [0.15, 0.2) is 36.9 Å². The molecular weight excluding hydrogens is 376 g/mol. The molecule has 29 heavy (non-hydrogen) atoms. The number of H-pyrrole nitrogens is 1. The standard InChI is InChI=1S/C17H18N8O.CH2O2/c1-24-6-4-11-2-3-13(21-16(11)24)17-22-15(8-14(18)26)23-25(17)7-5-12-9-19-10-20-12;2-1-3/h2-4,6,9-10H,5,7-8H2,1H3,(H2,18,26)(H,19,20);1H,(H,2,3). The summed E-state index contributed by atoms with van der Waals surface area (Å²) < 4.78 is 3.71. The largest absolute Gasteiger partial charge is 0.483 e. The molecule has 11 nitrogen and oxygen atoms in total. The van der Waals surface area contributed by atoms with Gasteiger partial charge >= 0.3 is 0 Å². The highest BCUT2D eigenvalue weighted by Crippen LogP contribution is 2.20. The van der Waals surface area contributed by atoms with Crippen molar-refractivity contribution < 1.29 is 14.7 Å². The second kappa shape index (κ2) is 8.78.